The van der Waals surface area contributed by atoms with E-state index in [1.165, 1.54) is 12.8 Å². The highest BCUT2D eigenvalue weighted by molar-refractivity contribution is 6.33. The zero-order chi connectivity index (χ0) is 19.5. The molecule has 1 fully saturated rings. The third kappa shape index (κ3) is 2.62. The van der Waals surface area contributed by atoms with E-state index in [1.807, 2.05) is 22.6 Å². The number of nitrogens with zero attached hydrogens (tertiary/aromatic N) is 3. The lowest BCUT2D eigenvalue weighted by Crippen LogP contribution is -2.33. The average Bonchev–Trinajstić information content (AvgIpc) is 3.38. The fraction of sp³-hybridized carbons (Fsp3) is 0.292. The third-order valence-electron chi connectivity index (χ3n) is 6.61. The van der Waals surface area contributed by atoms with E-state index in [4.69, 9.17) is 0 Å². The summed E-state index contributed by atoms with van der Waals surface area (Å²) in [7, 11) is 0. The van der Waals surface area contributed by atoms with Gasteiger partial charge in [-0.15, -0.1) is 12.4 Å². The molecule has 3 heterocycles. The molecule has 0 amide bonds. The Morgan fingerprint density at radius 1 is 1.00 bits per heavy atom. The highest BCUT2D eigenvalue weighted by Gasteiger charge is 2.39. The Kier molecular flexibility index (Phi) is 4.60. The Morgan fingerprint density at radius 2 is 1.80 bits per heavy atom. The largest absolute Gasteiger partial charge is 0.303 e. The van der Waals surface area contributed by atoms with E-state index in [2.05, 4.69) is 28.1 Å². The number of hydrogen-bond acceptors (Lipinski definition) is 4. The molecule has 1 saturated heterocycles. The van der Waals surface area contributed by atoms with Crippen LogP contribution in [0, 0.1) is 5.92 Å². The summed E-state index contributed by atoms with van der Waals surface area (Å²) in [5, 5.41) is 3.09. The number of hydrogen-bond donors (Lipinski definition) is 0. The van der Waals surface area contributed by atoms with Gasteiger partial charge in [-0.1, -0.05) is 30.3 Å². The van der Waals surface area contributed by atoms with Gasteiger partial charge in [0.25, 0.3) is 0 Å². The summed E-state index contributed by atoms with van der Waals surface area (Å²) in [5.41, 5.74) is 2.93. The second-order valence-electron chi connectivity index (χ2n) is 8.20. The molecule has 30 heavy (non-hydrogen) atoms. The van der Waals surface area contributed by atoms with E-state index in [9.17, 15) is 9.59 Å². The van der Waals surface area contributed by atoms with Gasteiger partial charge >= 0.3 is 0 Å². The summed E-state index contributed by atoms with van der Waals surface area (Å²) in [6.45, 7) is 2.93. The van der Waals surface area contributed by atoms with Gasteiger partial charge in [-0.3, -0.25) is 14.0 Å². The first-order valence-corrected chi connectivity index (χ1v) is 10.3. The molecule has 6 heteroatoms. The summed E-state index contributed by atoms with van der Waals surface area (Å²) >= 11 is 0. The Hall–Kier alpha value is -2.76. The van der Waals surface area contributed by atoms with Crippen LogP contribution in [0.4, 0.5) is 0 Å². The van der Waals surface area contributed by atoms with Crippen molar-refractivity contribution in [1.82, 2.24) is 14.3 Å². The average molecular weight is 420 g/mol. The van der Waals surface area contributed by atoms with Gasteiger partial charge < -0.3 is 4.90 Å². The van der Waals surface area contributed by atoms with Gasteiger partial charge in [0.05, 0.1) is 34.4 Å². The Labute approximate surface area is 180 Å². The van der Waals surface area contributed by atoms with Gasteiger partial charge in [0, 0.05) is 11.6 Å². The molecule has 0 bridgehead atoms. The van der Waals surface area contributed by atoms with Crippen molar-refractivity contribution in [3.63, 3.8) is 0 Å². The first-order chi connectivity index (χ1) is 14.2. The summed E-state index contributed by atoms with van der Waals surface area (Å²) in [4.78, 5) is 33.6. The van der Waals surface area contributed by atoms with Crippen molar-refractivity contribution in [2.45, 2.75) is 19.3 Å². The van der Waals surface area contributed by atoms with Crippen LogP contribution in [0.2, 0.25) is 0 Å². The van der Waals surface area contributed by atoms with Crippen LogP contribution in [0.25, 0.3) is 27.2 Å². The second kappa shape index (κ2) is 7.18. The zero-order valence-electron chi connectivity index (χ0n) is 16.5. The summed E-state index contributed by atoms with van der Waals surface area (Å²) in [6.07, 6.45) is 6.34. The predicted molar refractivity (Wildman–Crippen MR) is 120 cm³/mol. The zero-order valence-corrected chi connectivity index (χ0v) is 17.3. The minimum absolute atomic E-state index is 0. The lowest BCUT2D eigenvalue weighted by atomic mass is 9.81. The number of benzene rings is 2. The molecule has 1 atom stereocenters. The van der Waals surface area contributed by atoms with Gasteiger partial charge in [-0.2, -0.15) is 0 Å². The van der Waals surface area contributed by atoms with Crippen LogP contribution >= 0.6 is 12.4 Å². The Bertz CT molecular complexity index is 1320. The van der Waals surface area contributed by atoms with Crippen LogP contribution in [0.1, 0.15) is 40.0 Å². The molecular weight excluding hydrogens is 398 g/mol. The summed E-state index contributed by atoms with van der Waals surface area (Å²) < 4.78 is 1.92. The van der Waals surface area contributed by atoms with E-state index in [-0.39, 0.29) is 24.0 Å². The monoisotopic (exact) mass is 419 g/mol. The molecule has 152 valence electrons. The van der Waals surface area contributed by atoms with Crippen LogP contribution in [-0.2, 0) is 0 Å². The number of halogens is 1. The molecule has 6 rings (SSSR count). The Balaban J connectivity index is 0.00000193. The van der Waals surface area contributed by atoms with Gasteiger partial charge in [0.15, 0.2) is 11.6 Å². The fourth-order valence-electron chi connectivity index (χ4n) is 5.18. The van der Waals surface area contributed by atoms with Gasteiger partial charge in [0.1, 0.15) is 0 Å². The Morgan fingerprint density at radius 3 is 2.63 bits per heavy atom. The number of Topliss-reactive ketones (excluding diaryl/α,β-unsaturated/α-hetero) is 2. The number of rotatable bonds is 3. The molecule has 0 saturated carbocycles. The maximum absolute atomic E-state index is 13.7. The van der Waals surface area contributed by atoms with E-state index in [0.717, 1.165) is 46.8 Å². The minimum atomic E-state index is -0.610. The molecule has 0 spiro atoms. The third-order valence-corrected chi connectivity index (χ3v) is 6.61. The van der Waals surface area contributed by atoms with E-state index >= 15 is 0 Å². The minimum Gasteiger partial charge on any atom is -0.303 e. The highest BCUT2D eigenvalue weighted by atomic mass is 35.5. The number of ketones is 2. The SMILES string of the molecule is Cl.O=C1c2cncn3c2c(c2c4ccccc4ccc23)C(=O)C1CCN1CCCC1. The standard InChI is InChI=1S/C24H21N3O2.ClH/c28-23-17(9-12-26-10-3-4-11-26)24(29)21-20-16-6-2-1-5-15(16)7-8-19(20)27-14-25-13-18(23)22(21)27;/h1-2,5-8,13-14,17H,3-4,9-12H2;1H. The number of likely N-dealkylation sites (tertiary alicyclic amines) is 1. The first kappa shape index (κ1) is 19.2. The van der Waals surface area contributed by atoms with E-state index in [1.54, 1.807) is 12.5 Å². The van der Waals surface area contributed by atoms with Gasteiger partial charge in [-0.25, -0.2) is 4.98 Å². The van der Waals surface area contributed by atoms with Crippen LogP contribution in [0.3, 0.4) is 0 Å². The maximum Gasteiger partial charge on any atom is 0.177 e. The van der Waals surface area contributed by atoms with Crippen LogP contribution < -0.4 is 0 Å². The molecule has 1 unspecified atom stereocenters. The molecule has 1 aliphatic heterocycles. The van der Waals surface area contributed by atoms with Crippen molar-refractivity contribution in [2.24, 2.45) is 5.92 Å². The molecule has 2 aliphatic rings. The van der Waals surface area contributed by atoms with E-state index in [0.29, 0.717) is 17.5 Å². The smallest absolute Gasteiger partial charge is 0.177 e. The summed E-state index contributed by atoms with van der Waals surface area (Å²) in [5.74, 6) is -0.718. The predicted octanol–water partition coefficient (Wildman–Crippen LogP) is 4.54. The van der Waals surface area contributed by atoms with Crippen molar-refractivity contribution in [2.75, 3.05) is 19.6 Å². The first-order valence-electron chi connectivity index (χ1n) is 10.3. The lowest BCUT2D eigenvalue weighted by Gasteiger charge is -2.23. The molecule has 1 aliphatic carbocycles. The van der Waals surface area contributed by atoms with Crippen LogP contribution in [0.5, 0.6) is 0 Å². The molecule has 2 aromatic heterocycles. The fourth-order valence-corrected chi connectivity index (χ4v) is 5.18. The van der Waals surface area contributed by atoms with Gasteiger partial charge in [-0.05, 0) is 55.7 Å². The molecule has 5 nitrogen and oxygen atoms in total. The molecule has 4 aromatic rings. The van der Waals surface area contributed by atoms with Crippen LogP contribution in [0.15, 0.2) is 48.9 Å². The van der Waals surface area contributed by atoms with Crippen molar-refractivity contribution >= 4 is 51.2 Å². The topological polar surface area (TPSA) is 54.7 Å². The molecule has 0 radical (unpaired) electrons. The number of fused-ring (bicyclic) bond motifs is 5. The van der Waals surface area contributed by atoms with Crippen molar-refractivity contribution in [3.8, 4) is 0 Å². The van der Waals surface area contributed by atoms with Crippen LogP contribution in [-0.4, -0.2) is 45.5 Å². The highest BCUT2D eigenvalue weighted by Crippen LogP contribution is 2.39. The lowest BCUT2D eigenvalue weighted by molar-refractivity contribution is 0.0786. The van der Waals surface area contributed by atoms with E-state index < -0.39 is 5.92 Å². The quantitative estimate of drug-likeness (QED) is 0.457. The number of aromatic nitrogens is 2. The molecular formula is C24H22ClN3O2. The maximum atomic E-state index is 13.7. The number of carbonyl (C=O) groups is 2. The van der Waals surface area contributed by atoms with Crippen molar-refractivity contribution < 1.29 is 9.59 Å². The molecule has 0 N–H and O–H groups in total. The molecule has 2 aromatic carbocycles. The number of carbonyl (C=O) groups excluding carboxylic acids is 2. The van der Waals surface area contributed by atoms with Crippen molar-refractivity contribution in [3.05, 3.63) is 60.0 Å². The second-order valence-corrected chi connectivity index (χ2v) is 8.20. The van der Waals surface area contributed by atoms with Crippen molar-refractivity contribution in [1.29, 1.82) is 0 Å². The summed E-state index contributed by atoms with van der Waals surface area (Å²) in [6, 6.07) is 12.2. The van der Waals surface area contributed by atoms with Gasteiger partial charge in [0.2, 0.25) is 0 Å². The normalized spacial score (nSPS) is 19.1.